The maximum Gasteiger partial charge on any atom is 0.328 e. The van der Waals surface area contributed by atoms with Crippen molar-refractivity contribution in [1.82, 2.24) is 14.9 Å². The molecule has 0 bridgehead atoms. The van der Waals surface area contributed by atoms with Gasteiger partial charge in [0.05, 0.1) is 0 Å². The first kappa shape index (κ1) is 13.7. The number of nitrogens with zero attached hydrogens (tertiary/aromatic N) is 1. The van der Waals surface area contributed by atoms with Gasteiger partial charge in [0.1, 0.15) is 0 Å². The second-order valence-electron chi connectivity index (χ2n) is 4.75. The van der Waals surface area contributed by atoms with Crippen LogP contribution in [0.4, 0.5) is 0 Å². The normalized spacial score (nSPS) is 13.0. The molecule has 2 N–H and O–H groups in total. The molecular weight excluding hydrogens is 218 g/mol. The van der Waals surface area contributed by atoms with Gasteiger partial charge < -0.3 is 5.32 Å². The van der Waals surface area contributed by atoms with Gasteiger partial charge in [-0.15, -0.1) is 0 Å². The van der Waals surface area contributed by atoms with Crippen LogP contribution in [0.15, 0.2) is 15.8 Å². The molecule has 0 aliphatic carbocycles. The monoisotopic (exact) mass is 239 g/mol. The molecule has 1 rings (SSSR count). The van der Waals surface area contributed by atoms with Gasteiger partial charge in [0, 0.05) is 30.9 Å². The van der Waals surface area contributed by atoms with Crippen molar-refractivity contribution in [2.75, 3.05) is 6.54 Å². The number of aromatic amines is 1. The largest absolute Gasteiger partial charge is 0.328 e. The summed E-state index contributed by atoms with van der Waals surface area (Å²) in [6.07, 6.45) is 1.60. The molecule has 0 fully saturated rings. The predicted octanol–water partition coefficient (Wildman–Crippen LogP) is 0.479. The van der Waals surface area contributed by atoms with E-state index in [1.807, 2.05) is 0 Å². The van der Waals surface area contributed by atoms with E-state index in [-0.39, 0.29) is 11.2 Å². The van der Waals surface area contributed by atoms with E-state index in [0.29, 0.717) is 30.6 Å². The molecular formula is C12H21N3O2. The summed E-state index contributed by atoms with van der Waals surface area (Å²) >= 11 is 0. The molecule has 0 radical (unpaired) electrons. The van der Waals surface area contributed by atoms with Crippen LogP contribution in [0.1, 0.15) is 26.3 Å². The van der Waals surface area contributed by atoms with Crippen LogP contribution < -0.4 is 16.6 Å². The SMILES string of the molecule is Cc1cn(CCNC(C)C(C)C)c(=O)[nH]c1=O. The Morgan fingerprint density at radius 3 is 2.59 bits per heavy atom. The average molecular weight is 239 g/mol. The molecule has 0 aliphatic heterocycles. The van der Waals surface area contributed by atoms with Gasteiger partial charge in [0.25, 0.3) is 5.56 Å². The molecule has 1 heterocycles. The Kier molecular flexibility index (Phi) is 4.69. The highest BCUT2D eigenvalue weighted by molar-refractivity contribution is 5.00. The van der Waals surface area contributed by atoms with Gasteiger partial charge in [-0.3, -0.25) is 14.3 Å². The lowest BCUT2D eigenvalue weighted by atomic mass is 10.1. The van der Waals surface area contributed by atoms with E-state index in [9.17, 15) is 9.59 Å². The zero-order chi connectivity index (χ0) is 13.0. The first-order chi connectivity index (χ1) is 7.91. The second-order valence-corrected chi connectivity index (χ2v) is 4.75. The zero-order valence-electron chi connectivity index (χ0n) is 10.9. The smallest absolute Gasteiger partial charge is 0.312 e. The molecule has 1 unspecified atom stereocenters. The van der Waals surface area contributed by atoms with Crippen molar-refractivity contribution in [2.45, 2.75) is 40.3 Å². The van der Waals surface area contributed by atoms with Crippen molar-refractivity contribution in [3.63, 3.8) is 0 Å². The number of hydrogen-bond acceptors (Lipinski definition) is 3. The quantitative estimate of drug-likeness (QED) is 0.785. The van der Waals surface area contributed by atoms with Gasteiger partial charge in [-0.05, 0) is 19.8 Å². The van der Waals surface area contributed by atoms with Crippen LogP contribution in [0.25, 0.3) is 0 Å². The highest BCUT2D eigenvalue weighted by atomic mass is 16.2. The van der Waals surface area contributed by atoms with Crippen LogP contribution in [0.3, 0.4) is 0 Å². The second kappa shape index (κ2) is 5.82. The topological polar surface area (TPSA) is 66.9 Å². The fourth-order valence-corrected chi connectivity index (χ4v) is 1.43. The van der Waals surface area contributed by atoms with Crippen LogP contribution in [-0.4, -0.2) is 22.1 Å². The van der Waals surface area contributed by atoms with E-state index in [1.54, 1.807) is 13.1 Å². The van der Waals surface area contributed by atoms with E-state index in [4.69, 9.17) is 0 Å². The molecule has 1 atom stereocenters. The fourth-order valence-electron chi connectivity index (χ4n) is 1.43. The molecule has 17 heavy (non-hydrogen) atoms. The minimum Gasteiger partial charge on any atom is -0.312 e. The third-order valence-electron chi connectivity index (χ3n) is 3.01. The molecule has 0 spiro atoms. The van der Waals surface area contributed by atoms with Crippen LogP contribution in [0, 0.1) is 12.8 Å². The lowest BCUT2D eigenvalue weighted by molar-refractivity contribution is 0.414. The van der Waals surface area contributed by atoms with Crippen LogP contribution in [-0.2, 0) is 6.54 Å². The Hall–Kier alpha value is -1.36. The summed E-state index contributed by atoms with van der Waals surface area (Å²) in [5.41, 5.74) is -0.101. The molecule has 0 aliphatic rings. The summed E-state index contributed by atoms with van der Waals surface area (Å²) in [5.74, 6) is 0.559. The van der Waals surface area contributed by atoms with Gasteiger partial charge in [0.15, 0.2) is 0 Å². The highest BCUT2D eigenvalue weighted by Crippen LogP contribution is 1.98. The number of H-pyrrole nitrogens is 1. The summed E-state index contributed by atoms with van der Waals surface area (Å²) in [6, 6.07) is 0.412. The average Bonchev–Trinajstić information content (AvgIpc) is 2.25. The molecule has 1 aromatic rings. The van der Waals surface area contributed by atoms with Crippen molar-refractivity contribution in [3.05, 3.63) is 32.6 Å². The Bertz CT molecular complexity index is 473. The van der Waals surface area contributed by atoms with Crippen molar-refractivity contribution >= 4 is 0 Å². The third-order valence-corrected chi connectivity index (χ3v) is 3.01. The van der Waals surface area contributed by atoms with Crippen molar-refractivity contribution < 1.29 is 0 Å². The molecule has 0 saturated heterocycles. The van der Waals surface area contributed by atoms with Gasteiger partial charge in [-0.25, -0.2) is 4.79 Å². The van der Waals surface area contributed by atoms with E-state index >= 15 is 0 Å². The lowest BCUT2D eigenvalue weighted by Gasteiger charge is -2.17. The molecule has 0 aromatic carbocycles. The van der Waals surface area contributed by atoms with Gasteiger partial charge in [-0.1, -0.05) is 13.8 Å². The molecule has 5 nitrogen and oxygen atoms in total. The van der Waals surface area contributed by atoms with E-state index in [2.05, 4.69) is 31.1 Å². The maximum atomic E-state index is 11.5. The number of nitrogens with one attached hydrogen (secondary N) is 2. The first-order valence-electron chi connectivity index (χ1n) is 5.95. The Labute approximate surface area is 101 Å². The van der Waals surface area contributed by atoms with Crippen LogP contribution in [0.2, 0.25) is 0 Å². The van der Waals surface area contributed by atoms with E-state index in [1.165, 1.54) is 4.57 Å². The van der Waals surface area contributed by atoms with Crippen molar-refractivity contribution in [3.8, 4) is 0 Å². The maximum absolute atomic E-state index is 11.5. The third kappa shape index (κ3) is 3.85. The Morgan fingerprint density at radius 2 is 2.00 bits per heavy atom. The Balaban J connectivity index is 2.62. The number of aromatic nitrogens is 2. The molecule has 1 aromatic heterocycles. The highest BCUT2D eigenvalue weighted by Gasteiger charge is 2.06. The predicted molar refractivity (Wildman–Crippen MR) is 68.4 cm³/mol. The molecule has 96 valence electrons. The van der Waals surface area contributed by atoms with Crippen LogP contribution in [0.5, 0.6) is 0 Å². The summed E-state index contributed by atoms with van der Waals surface area (Å²) in [4.78, 5) is 25.0. The summed E-state index contributed by atoms with van der Waals surface area (Å²) in [5, 5.41) is 3.34. The Morgan fingerprint density at radius 1 is 1.35 bits per heavy atom. The zero-order valence-corrected chi connectivity index (χ0v) is 10.9. The van der Waals surface area contributed by atoms with E-state index < -0.39 is 0 Å². The van der Waals surface area contributed by atoms with Gasteiger partial charge in [0.2, 0.25) is 0 Å². The van der Waals surface area contributed by atoms with Crippen molar-refractivity contribution in [1.29, 1.82) is 0 Å². The minimum absolute atomic E-state index is 0.310. The summed E-state index contributed by atoms with van der Waals surface area (Å²) < 4.78 is 1.52. The van der Waals surface area contributed by atoms with E-state index in [0.717, 1.165) is 0 Å². The summed E-state index contributed by atoms with van der Waals surface area (Å²) in [7, 11) is 0. The van der Waals surface area contributed by atoms with Crippen LogP contribution >= 0.6 is 0 Å². The van der Waals surface area contributed by atoms with Gasteiger partial charge >= 0.3 is 5.69 Å². The molecule has 0 amide bonds. The fraction of sp³-hybridized carbons (Fsp3) is 0.667. The van der Waals surface area contributed by atoms with Crippen molar-refractivity contribution in [2.24, 2.45) is 5.92 Å². The molecule has 5 heteroatoms. The number of rotatable bonds is 5. The molecule has 0 saturated carbocycles. The number of hydrogen-bond donors (Lipinski definition) is 2. The lowest BCUT2D eigenvalue weighted by Crippen LogP contribution is -2.37. The van der Waals surface area contributed by atoms with Gasteiger partial charge in [-0.2, -0.15) is 0 Å². The standard InChI is InChI=1S/C12H21N3O2/c1-8(2)10(4)13-5-6-15-7-9(3)11(16)14-12(15)17/h7-8,10,13H,5-6H2,1-4H3,(H,14,16,17). The summed E-state index contributed by atoms with van der Waals surface area (Å²) in [6.45, 7) is 9.38. The number of aryl methyl sites for hydroxylation is 1. The first-order valence-corrected chi connectivity index (χ1v) is 5.95. The minimum atomic E-state index is -0.348.